The van der Waals surface area contributed by atoms with Gasteiger partial charge in [0.15, 0.2) is 6.10 Å². The Morgan fingerprint density at radius 3 is 0.896 bits per heavy atom. The molecule has 0 aromatic heterocycles. The fraction of sp³-hybridized carbons (Fsp3) is 0.754. The maximum Gasteiger partial charge on any atom is 0.306 e. The van der Waals surface area contributed by atoms with Crippen LogP contribution >= 0.6 is 0 Å². The van der Waals surface area contributed by atoms with Gasteiger partial charge in [-0.3, -0.25) is 14.4 Å². The molecular weight excluding hydrogens is 829 g/mol. The van der Waals surface area contributed by atoms with Gasteiger partial charge < -0.3 is 14.2 Å². The Labute approximate surface area is 414 Å². The lowest BCUT2D eigenvalue weighted by Crippen LogP contribution is -2.30. The molecule has 0 radical (unpaired) electrons. The summed E-state index contributed by atoms with van der Waals surface area (Å²) in [6, 6.07) is 0. The lowest BCUT2D eigenvalue weighted by atomic mass is 10.1. The molecule has 0 aliphatic carbocycles. The molecule has 0 aromatic carbocycles. The van der Waals surface area contributed by atoms with Gasteiger partial charge in [-0.1, -0.05) is 222 Å². The fourth-order valence-electron chi connectivity index (χ4n) is 7.81. The molecule has 0 saturated heterocycles. The molecule has 0 aliphatic rings. The summed E-state index contributed by atoms with van der Waals surface area (Å²) >= 11 is 0. The lowest BCUT2D eigenvalue weighted by molar-refractivity contribution is -0.167. The Morgan fingerprint density at radius 1 is 0.299 bits per heavy atom. The van der Waals surface area contributed by atoms with E-state index in [1.165, 1.54) is 148 Å². The molecule has 0 heterocycles. The van der Waals surface area contributed by atoms with Crippen LogP contribution in [0.3, 0.4) is 0 Å². The highest BCUT2D eigenvalue weighted by Gasteiger charge is 2.19. The molecule has 0 amide bonds. The Hall–Kier alpha value is -3.15. The maximum atomic E-state index is 12.8. The number of unbranched alkanes of at least 4 members (excludes halogenated alkanes) is 28. The zero-order valence-corrected chi connectivity index (χ0v) is 44.2. The van der Waals surface area contributed by atoms with Crippen LogP contribution < -0.4 is 0 Å². The third-order valence-corrected chi connectivity index (χ3v) is 12.2. The molecule has 386 valence electrons. The van der Waals surface area contributed by atoms with Gasteiger partial charge in [0, 0.05) is 19.3 Å². The second kappa shape index (κ2) is 55.4. The molecule has 0 unspecified atom stereocenters. The van der Waals surface area contributed by atoms with E-state index in [9.17, 15) is 14.4 Å². The molecule has 6 heteroatoms. The first-order chi connectivity index (χ1) is 33.0. The summed E-state index contributed by atoms with van der Waals surface area (Å²) in [7, 11) is 0. The quantitative estimate of drug-likeness (QED) is 0.0262. The van der Waals surface area contributed by atoms with E-state index in [0.717, 1.165) is 89.9 Å². The average Bonchev–Trinajstić information content (AvgIpc) is 3.33. The monoisotopic (exact) mass is 935 g/mol. The molecule has 0 fully saturated rings. The molecule has 0 bridgehead atoms. The Morgan fingerprint density at radius 2 is 0.552 bits per heavy atom. The molecule has 1 atom stereocenters. The largest absolute Gasteiger partial charge is 0.462 e. The van der Waals surface area contributed by atoms with Crippen LogP contribution in [0, 0.1) is 0 Å². The first-order valence-corrected chi connectivity index (χ1v) is 28.4. The van der Waals surface area contributed by atoms with Crippen LogP contribution in [0.15, 0.2) is 72.9 Å². The topological polar surface area (TPSA) is 78.9 Å². The summed E-state index contributed by atoms with van der Waals surface area (Å²) in [6.45, 7) is 6.54. The summed E-state index contributed by atoms with van der Waals surface area (Å²) in [6.07, 6.45) is 70.3. The van der Waals surface area contributed by atoms with Crippen LogP contribution in [0.2, 0.25) is 0 Å². The SMILES string of the molecule is CCCC/C=C\CCCCCCCC(=O)OC[C@H](COC(=O)CCCCCCCC/C=C\C/C=C\C/C=C\CCCCC)OC(=O)CCCCCCCCCCC/C=C\C/C=C\CCCCC. The van der Waals surface area contributed by atoms with E-state index in [1.54, 1.807) is 0 Å². The van der Waals surface area contributed by atoms with Gasteiger partial charge in [0.25, 0.3) is 0 Å². The Balaban J connectivity index is 4.37. The molecule has 0 spiro atoms. The lowest BCUT2D eigenvalue weighted by Gasteiger charge is -2.18. The summed E-state index contributed by atoms with van der Waals surface area (Å²) < 4.78 is 16.8. The normalized spacial score (nSPS) is 12.6. The van der Waals surface area contributed by atoms with Gasteiger partial charge in [-0.2, -0.15) is 0 Å². The van der Waals surface area contributed by atoms with Crippen LogP contribution in [0.4, 0.5) is 0 Å². The van der Waals surface area contributed by atoms with E-state index in [4.69, 9.17) is 14.2 Å². The van der Waals surface area contributed by atoms with Gasteiger partial charge >= 0.3 is 17.9 Å². The van der Waals surface area contributed by atoms with Crippen molar-refractivity contribution in [3.05, 3.63) is 72.9 Å². The van der Waals surface area contributed by atoms with Crippen LogP contribution in [0.5, 0.6) is 0 Å². The molecule has 0 N–H and O–H groups in total. The van der Waals surface area contributed by atoms with Gasteiger partial charge in [-0.15, -0.1) is 0 Å². The first-order valence-electron chi connectivity index (χ1n) is 28.4. The second-order valence-electron chi connectivity index (χ2n) is 18.8. The number of esters is 3. The van der Waals surface area contributed by atoms with Crippen LogP contribution in [-0.2, 0) is 28.6 Å². The number of carbonyl (C=O) groups is 3. The van der Waals surface area contributed by atoms with Crippen molar-refractivity contribution < 1.29 is 28.6 Å². The van der Waals surface area contributed by atoms with Crippen molar-refractivity contribution in [2.75, 3.05) is 13.2 Å². The van der Waals surface area contributed by atoms with Crippen LogP contribution in [-0.4, -0.2) is 37.2 Å². The maximum absolute atomic E-state index is 12.8. The highest BCUT2D eigenvalue weighted by molar-refractivity contribution is 5.71. The van der Waals surface area contributed by atoms with Crippen molar-refractivity contribution in [3.63, 3.8) is 0 Å². The molecule has 67 heavy (non-hydrogen) atoms. The number of carbonyl (C=O) groups excluding carboxylic acids is 3. The number of allylic oxidation sites excluding steroid dienone is 12. The third-order valence-electron chi connectivity index (χ3n) is 12.2. The van der Waals surface area contributed by atoms with Crippen molar-refractivity contribution >= 4 is 17.9 Å². The summed E-state index contributed by atoms with van der Waals surface area (Å²) in [5.41, 5.74) is 0. The van der Waals surface area contributed by atoms with E-state index in [1.807, 2.05) is 0 Å². The second-order valence-corrected chi connectivity index (χ2v) is 18.8. The van der Waals surface area contributed by atoms with E-state index < -0.39 is 6.10 Å². The predicted molar refractivity (Wildman–Crippen MR) is 288 cm³/mol. The van der Waals surface area contributed by atoms with E-state index in [2.05, 4.69) is 93.7 Å². The predicted octanol–water partition coefficient (Wildman–Crippen LogP) is 19.0. The first kappa shape index (κ1) is 63.8. The number of rotatable bonds is 51. The zero-order chi connectivity index (χ0) is 48.6. The molecule has 0 aromatic rings. The minimum absolute atomic E-state index is 0.0855. The smallest absolute Gasteiger partial charge is 0.306 e. The Kier molecular flexibility index (Phi) is 52.8. The summed E-state index contributed by atoms with van der Waals surface area (Å²) in [4.78, 5) is 38.1. The molecular formula is C61H106O6. The van der Waals surface area contributed by atoms with Crippen molar-refractivity contribution in [2.45, 2.75) is 284 Å². The minimum Gasteiger partial charge on any atom is -0.462 e. The van der Waals surface area contributed by atoms with E-state index in [0.29, 0.717) is 19.3 Å². The standard InChI is InChI=1S/C61H106O6/c1-4-7-10-13-16-19-22-24-26-28-30-32-34-36-39-42-45-48-51-54-60(63)66-57-58(56-65-59(62)53-50-47-44-41-38-21-18-15-12-9-6-3)67-61(64)55-52-49-46-43-40-37-35-33-31-29-27-25-23-20-17-14-11-8-5-2/h15-20,24-27,30,32,58H,4-14,21-23,28-29,31,33-57H2,1-3H3/b18-15-,19-16-,20-17-,26-24-,27-25-,32-30-/t58-/m1/s1. The average molecular weight is 936 g/mol. The van der Waals surface area contributed by atoms with Gasteiger partial charge in [0.1, 0.15) is 13.2 Å². The molecule has 0 saturated carbocycles. The van der Waals surface area contributed by atoms with Crippen molar-refractivity contribution in [1.29, 1.82) is 0 Å². The van der Waals surface area contributed by atoms with Crippen molar-refractivity contribution in [1.82, 2.24) is 0 Å². The number of hydrogen-bond acceptors (Lipinski definition) is 6. The minimum atomic E-state index is -0.786. The third kappa shape index (κ3) is 53.7. The van der Waals surface area contributed by atoms with Gasteiger partial charge in [-0.25, -0.2) is 0 Å². The highest BCUT2D eigenvalue weighted by Crippen LogP contribution is 2.15. The molecule has 6 nitrogen and oxygen atoms in total. The fourth-order valence-corrected chi connectivity index (χ4v) is 7.81. The van der Waals surface area contributed by atoms with E-state index >= 15 is 0 Å². The Bertz CT molecular complexity index is 1260. The zero-order valence-electron chi connectivity index (χ0n) is 44.2. The number of hydrogen-bond donors (Lipinski definition) is 0. The summed E-state index contributed by atoms with van der Waals surface area (Å²) in [5.74, 6) is -0.905. The van der Waals surface area contributed by atoms with Gasteiger partial charge in [0.05, 0.1) is 0 Å². The van der Waals surface area contributed by atoms with Gasteiger partial charge in [0.2, 0.25) is 0 Å². The molecule has 0 aliphatic heterocycles. The summed E-state index contributed by atoms with van der Waals surface area (Å²) in [5, 5.41) is 0. The van der Waals surface area contributed by atoms with Gasteiger partial charge in [-0.05, 0) is 109 Å². The van der Waals surface area contributed by atoms with E-state index in [-0.39, 0.29) is 31.1 Å². The highest BCUT2D eigenvalue weighted by atomic mass is 16.6. The van der Waals surface area contributed by atoms with Crippen molar-refractivity contribution in [2.24, 2.45) is 0 Å². The van der Waals surface area contributed by atoms with Crippen LogP contribution in [0.25, 0.3) is 0 Å². The van der Waals surface area contributed by atoms with Crippen LogP contribution in [0.1, 0.15) is 278 Å². The van der Waals surface area contributed by atoms with Crippen molar-refractivity contribution in [3.8, 4) is 0 Å². The molecule has 0 rings (SSSR count). The number of ether oxygens (including phenoxy) is 3.